The molecule has 0 fully saturated rings. The van der Waals surface area contributed by atoms with Gasteiger partial charge in [0.15, 0.2) is 11.7 Å². The highest BCUT2D eigenvalue weighted by Gasteiger charge is 2.20. The van der Waals surface area contributed by atoms with Gasteiger partial charge >= 0.3 is 0 Å². The maximum atomic E-state index is 12.3. The first-order valence-electron chi connectivity index (χ1n) is 8.41. The maximum absolute atomic E-state index is 12.3. The Balaban J connectivity index is 1.70. The van der Waals surface area contributed by atoms with Crippen LogP contribution in [0.5, 0.6) is 5.75 Å². The number of rotatable bonds is 5. The number of non-ortho nitro benzene ring substituents is 1. The highest BCUT2D eigenvalue weighted by atomic mass is 79.9. The average Bonchev–Trinajstić information content (AvgIpc) is 3.00. The molecule has 0 spiro atoms. The van der Waals surface area contributed by atoms with Crippen molar-refractivity contribution >= 4 is 54.2 Å². The van der Waals surface area contributed by atoms with Crippen molar-refractivity contribution in [2.75, 3.05) is 11.9 Å². The lowest BCUT2D eigenvalue weighted by Crippen LogP contribution is -2.21. The monoisotopic (exact) mass is 463 g/mol. The van der Waals surface area contributed by atoms with E-state index in [9.17, 15) is 14.9 Å². The normalized spacial score (nSPS) is 11.4. The highest BCUT2D eigenvalue weighted by molar-refractivity contribution is 9.10. The predicted molar refractivity (Wildman–Crippen MR) is 113 cm³/mol. The van der Waals surface area contributed by atoms with Crippen LogP contribution in [0.15, 0.2) is 40.9 Å². The maximum Gasteiger partial charge on any atom is 0.270 e. The van der Waals surface area contributed by atoms with Gasteiger partial charge in [-0.15, -0.1) is 0 Å². The summed E-state index contributed by atoms with van der Waals surface area (Å²) in [6.45, 7) is 6.05. The first-order valence-corrected chi connectivity index (χ1v) is 10.0. The van der Waals surface area contributed by atoms with Crippen LogP contribution in [0.2, 0.25) is 0 Å². The van der Waals surface area contributed by atoms with Gasteiger partial charge in [-0.1, -0.05) is 48.0 Å². The molecule has 3 aromatic rings. The van der Waals surface area contributed by atoms with Gasteiger partial charge in [-0.25, -0.2) is 4.98 Å². The van der Waals surface area contributed by atoms with Crippen LogP contribution in [-0.2, 0) is 10.2 Å². The molecule has 1 heterocycles. The first kappa shape index (κ1) is 20.2. The Morgan fingerprint density at radius 1 is 1.29 bits per heavy atom. The van der Waals surface area contributed by atoms with Crippen molar-refractivity contribution in [3.8, 4) is 5.75 Å². The van der Waals surface area contributed by atoms with E-state index < -0.39 is 4.92 Å². The number of amides is 1. The van der Waals surface area contributed by atoms with Crippen molar-refractivity contribution in [2.45, 2.75) is 26.2 Å². The van der Waals surface area contributed by atoms with Gasteiger partial charge in [0.25, 0.3) is 11.6 Å². The van der Waals surface area contributed by atoms with Crippen LogP contribution in [0.3, 0.4) is 0 Å². The summed E-state index contributed by atoms with van der Waals surface area (Å²) in [7, 11) is 0. The Morgan fingerprint density at radius 2 is 2.04 bits per heavy atom. The lowest BCUT2D eigenvalue weighted by molar-refractivity contribution is -0.384. The third-order valence-electron chi connectivity index (χ3n) is 3.94. The molecule has 146 valence electrons. The van der Waals surface area contributed by atoms with Crippen molar-refractivity contribution in [3.05, 3.63) is 56.5 Å². The minimum Gasteiger partial charge on any atom is -0.483 e. The molecule has 2 aromatic carbocycles. The molecule has 0 saturated heterocycles. The molecule has 1 aromatic heterocycles. The highest BCUT2D eigenvalue weighted by Crippen LogP contribution is 2.34. The number of carbonyl (C=O) groups is 1. The van der Waals surface area contributed by atoms with Gasteiger partial charge in [-0.3, -0.25) is 20.2 Å². The number of carbonyl (C=O) groups excluding carboxylic acids is 1. The Kier molecular flexibility index (Phi) is 5.66. The van der Waals surface area contributed by atoms with Crippen molar-refractivity contribution in [1.82, 2.24) is 4.98 Å². The summed E-state index contributed by atoms with van der Waals surface area (Å²) >= 11 is 4.64. The smallest absolute Gasteiger partial charge is 0.270 e. The van der Waals surface area contributed by atoms with Crippen LogP contribution in [-0.4, -0.2) is 22.4 Å². The molecule has 0 aliphatic carbocycles. The molecule has 0 radical (unpaired) electrons. The lowest BCUT2D eigenvalue weighted by atomic mass is 9.86. The number of halogens is 1. The molecule has 0 saturated carbocycles. The third-order valence-corrected chi connectivity index (χ3v) is 5.36. The SMILES string of the molecule is CC(C)(C)c1cc(Br)ccc1OCC(=O)Nc1nc2ccc([N+](=O)[O-])cc2s1. The summed E-state index contributed by atoms with van der Waals surface area (Å²) in [4.78, 5) is 27.0. The number of benzene rings is 2. The van der Waals surface area contributed by atoms with E-state index in [0.29, 0.717) is 21.1 Å². The number of nitro groups is 1. The number of nitrogens with zero attached hydrogens (tertiary/aromatic N) is 2. The zero-order valence-electron chi connectivity index (χ0n) is 15.5. The van der Waals surface area contributed by atoms with Gasteiger partial charge < -0.3 is 4.74 Å². The van der Waals surface area contributed by atoms with Crippen molar-refractivity contribution < 1.29 is 14.5 Å². The summed E-state index contributed by atoms with van der Waals surface area (Å²) in [5.74, 6) is 0.294. The zero-order chi connectivity index (χ0) is 20.5. The summed E-state index contributed by atoms with van der Waals surface area (Å²) in [5.41, 5.74) is 1.43. The fourth-order valence-corrected chi connectivity index (χ4v) is 3.87. The quantitative estimate of drug-likeness (QED) is 0.410. The number of anilines is 1. The topological polar surface area (TPSA) is 94.4 Å². The van der Waals surface area contributed by atoms with Crippen molar-refractivity contribution in [2.24, 2.45) is 0 Å². The number of hydrogen-bond acceptors (Lipinski definition) is 6. The molecule has 1 amide bonds. The van der Waals surface area contributed by atoms with E-state index in [1.54, 1.807) is 6.07 Å². The van der Waals surface area contributed by atoms with Crippen LogP contribution >= 0.6 is 27.3 Å². The van der Waals surface area contributed by atoms with E-state index in [-0.39, 0.29) is 23.6 Å². The fraction of sp³-hybridized carbons (Fsp3) is 0.263. The van der Waals surface area contributed by atoms with E-state index in [1.807, 2.05) is 18.2 Å². The van der Waals surface area contributed by atoms with Gasteiger partial charge in [-0.2, -0.15) is 0 Å². The van der Waals surface area contributed by atoms with E-state index in [0.717, 1.165) is 10.0 Å². The number of hydrogen-bond donors (Lipinski definition) is 1. The van der Waals surface area contributed by atoms with Crippen molar-refractivity contribution in [3.63, 3.8) is 0 Å². The molecule has 0 bridgehead atoms. The minimum absolute atomic E-state index is 0.0118. The third kappa shape index (κ3) is 4.66. The molecule has 9 heteroatoms. The Hall–Kier alpha value is -2.52. The summed E-state index contributed by atoms with van der Waals surface area (Å²) in [6.07, 6.45) is 0. The largest absolute Gasteiger partial charge is 0.483 e. The number of fused-ring (bicyclic) bond motifs is 1. The van der Waals surface area contributed by atoms with Crippen LogP contribution in [0.4, 0.5) is 10.8 Å². The summed E-state index contributed by atoms with van der Waals surface area (Å²) < 4.78 is 7.31. The van der Waals surface area contributed by atoms with Gasteiger partial charge in [-0.05, 0) is 29.7 Å². The molecule has 28 heavy (non-hydrogen) atoms. The fourth-order valence-electron chi connectivity index (χ4n) is 2.59. The molecule has 1 N–H and O–H groups in total. The number of nitrogens with one attached hydrogen (secondary N) is 1. The molecular weight excluding hydrogens is 446 g/mol. The molecule has 3 rings (SSSR count). The van der Waals surface area contributed by atoms with E-state index in [2.05, 4.69) is 47.0 Å². The second-order valence-electron chi connectivity index (χ2n) is 7.16. The molecule has 0 unspecified atom stereocenters. The second-order valence-corrected chi connectivity index (χ2v) is 9.10. The minimum atomic E-state index is -0.462. The van der Waals surface area contributed by atoms with Gasteiger partial charge in [0, 0.05) is 22.2 Å². The van der Waals surface area contributed by atoms with Gasteiger partial charge in [0.1, 0.15) is 5.75 Å². The molecular formula is C19H18BrN3O4S. The Labute approximate surface area is 174 Å². The summed E-state index contributed by atoms with van der Waals surface area (Å²) in [6, 6.07) is 10.1. The Morgan fingerprint density at radius 3 is 2.71 bits per heavy atom. The summed E-state index contributed by atoms with van der Waals surface area (Å²) in [5, 5.41) is 13.9. The van der Waals surface area contributed by atoms with E-state index in [4.69, 9.17) is 4.74 Å². The van der Waals surface area contributed by atoms with Gasteiger partial charge in [0.2, 0.25) is 0 Å². The van der Waals surface area contributed by atoms with E-state index >= 15 is 0 Å². The predicted octanol–water partition coefficient (Wildman–Crippen LogP) is 5.28. The number of nitro benzene ring substituents is 1. The molecule has 0 atom stereocenters. The van der Waals surface area contributed by atoms with Crippen LogP contribution < -0.4 is 10.1 Å². The number of ether oxygens (including phenoxy) is 1. The van der Waals surface area contributed by atoms with Gasteiger partial charge in [0.05, 0.1) is 15.1 Å². The van der Waals surface area contributed by atoms with Crippen LogP contribution in [0.1, 0.15) is 26.3 Å². The first-order chi connectivity index (χ1) is 13.1. The van der Waals surface area contributed by atoms with Crippen molar-refractivity contribution in [1.29, 1.82) is 0 Å². The second kappa shape index (κ2) is 7.84. The van der Waals surface area contributed by atoms with E-state index in [1.165, 1.54) is 23.5 Å². The number of thiazole rings is 1. The lowest BCUT2D eigenvalue weighted by Gasteiger charge is -2.23. The average molecular weight is 464 g/mol. The zero-order valence-corrected chi connectivity index (χ0v) is 17.9. The Bertz CT molecular complexity index is 1060. The van der Waals surface area contributed by atoms with Crippen LogP contribution in [0, 0.1) is 10.1 Å². The molecule has 7 nitrogen and oxygen atoms in total. The molecule has 0 aliphatic heterocycles. The standard InChI is InChI=1S/C19H18BrN3O4S/c1-19(2,3)13-8-11(20)4-7-15(13)27-10-17(24)22-18-21-14-6-5-12(23(25)26)9-16(14)28-18/h4-9H,10H2,1-3H3,(H,21,22,24). The number of aromatic nitrogens is 1. The molecule has 0 aliphatic rings. The van der Waals surface area contributed by atoms with Crippen LogP contribution in [0.25, 0.3) is 10.2 Å².